The standard InChI is InChI=1S/C89H173NO5/c1-3-5-7-9-11-13-15-17-19-21-23-24-25-37-40-43-46-49-53-57-61-65-69-73-77-81-87(92)86(85-91)90-88(93)82-78-74-70-66-62-58-54-50-47-44-41-38-35-33-31-29-27-26-28-30-32-34-36-39-42-45-48-52-56-60-64-68-72-76-80-84-95-89(94)83-79-75-71-67-63-59-55-51-22-20-18-16-14-12-10-8-6-4-2/h28,30,34,36,86-87,91-92H,3-27,29,31-33,35,37-85H2,1-2H3,(H,90,93)/b30-28-,36-34-. The van der Waals surface area contributed by atoms with E-state index in [4.69, 9.17) is 4.74 Å². The first-order chi connectivity index (χ1) is 47.0. The minimum Gasteiger partial charge on any atom is -0.466 e. The summed E-state index contributed by atoms with van der Waals surface area (Å²) < 4.78 is 5.52. The van der Waals surface area contributed by atoms with Crippen LogP contribution in [0.5, 0.6) is 0 Å². The number of allylic oxidation sites excluding steroid dienone is 4. The third-order valence-corrected chi connectivity index (χ3v) is 21.0. The van der Waals surface area contributed by atoms with Gasteiger partial charge in [-0.2, -0.15) is 0 Å². The van der Waals surface area contributed by atoms with Gasteiger partial charge in [-0.25, -0.2) is 0 Å². The van der Waals surface area contributed by atoms with Crippen LogP contribution >= 0.6 is 0 Å². The number of unbranched alkanes of at least 4 members (excludes halogenated alkanes) is 69. The second kappa shape index (κ2) is 84.8. The maximum Gasteiger partial charge on any atom is 0.305 e. The molecule has 6 nitrogen and oxygen atoms in total. The highest BCUT2D eigenvalue weighted by Crippen LogP contribution is 2.21. The molecule has 2 unspecified atom stereocenters. The van der Waals surface area contributed by atoms with Crippen LogP contribution in [0.2, 0.25) is 0 Å². The Labute approximate surface area is 596 Å². The van der Waals surface area contributed by atoms with E-state index in [0.29, 0.717) is 25.9 Å². The van der Waals surface area contributed by atoms with Crippen molar-refractivity contribution < 1.29 is 24.5 Å². The van der Waals surface area contributed by atoms with E-state index in [-0.39, 0.29) is 18.5 Å². The first-order valence-corrected chi connectivity index (χ1v) is 44.1. The fraction of sp³-hybridized carbons (Fsp3) is 0.933. The largest absolute Gasteiger partial charge is 0.466 e. The number of aliphatic hydroxyl groups excluding tert-OH is 2. The topological polar surface area (TPSA) is 95.9 Å². The average molecular weight is 1340 g/mol. The molecule has 0 aromatic rings. The molecular formula is C89H173NO5. The number of nitrogens with one attached hydrogen (secondary N) is 1. The van der Waals surface area contributed by atoms with Gasteiger partial charge in [0, 0.05) is 12.8 Å². The van der Waals surface area contributed by atoms with E-state index in [9.17, 15) is 19.8 Å². The Kier molecular flexibility index (Phi) is 83.3. The molecule has 0 heterocycles. The smallest absolute Gasteiger partial charge is 0.305 e. The lowest BCUT2D eigenvalue weighted by molar-refractivity contribution is -0.143. The fourth-order valence-corrected chi connectivity index (χ4v) is 14.3. The molecular weight excluding hydrogens is 1160 g/mol. The van der Waals surface area contributed by atoms with Gasteiger partial charge in [-0.1, -0.05) is 462 Å². The van der Waals surface area contributed by atoms with Gasteiger partial charge >= 0.3 is 5.97 Å². The first kappa shape index (κ1) is 93.3. The van der Waals surface area contributed by atoms with Crippen LogP contribution in [0.3, 0.4) is 0 Å². The molecule has 0 aliphatic heterocycles. The van der Waals surface area contributed by atoms with Crippen LogP contribution in [-0.4, -0.2) is 47.4 Å². The molecule has 0 aliphatic carbocycles. The van der Waals surface area contributed by atoms with Gasteiger partial charge in [0.25, 0.3) is 0 Å². The summed E-state index contributed by atoms with van der Waals surface area (Å²) in [5.74, 6) is -0.00357. The van der Waals surface area contributed by atoms with Crippen molar-refractivity contribution in [2.24, 2.45) is 0 Å². The van der Waals surface area contributed by atoms with Gasteiger partial charge in [0.05, 0.1) is 25.4 Å². The third-order valence-electron chi connectivity index (χ3n) is 21.0. The van der Waals surface area contributed by atoms with Crippen LogP contribution < -0.4 is 5.32 Å². The van der Waals surface area contributed by atoms with Gasteiger partial charge in [-0.15, -0.1) is 0 Å². The lowest BCUT2D eigenvalue weighted by Crippen LogP contribution is -2.45. The molecule has 0 rings (SSSR count). The lowest BCUT2D eigenvalue weighted by Gasteiger charge is -2.22. The van der Waals surface area contributed by atoms with Crippen LogP contribution in [0, 0.1) is 0 Å². The van der Waals surface area contributed by atoms with Crippen molar-refractivity contribution >= 4 is 11.9 Å². The van der Waals surface area contributed by atoms with Gasteiger partial charge in [0.15, 0.2) is 0 Å². The molecule has 0 fully saturated rings. The van der Waals surface area contributed by atoms with Gasteiger partial charge < -0.3 is 20.3 Å². The summed E-state index contributed by atoms with van der Waals surface area (Å²) in [7, 11) is 0. The zero-order valence-corrected chi connectivity index (χ0v) is 64.9. The SMILES string of the molecule is CCCCCCCCCCCCCCCCCCCCCCCCCCCC(O)C(CO)NC(=O)CCCCCCCCCCCCCCCCCCC/C=C\C/C=C\CCCCCCCCCCCCCOC(=O)CCCCCCCCCCCCCCCCCCCC. The van der Waals surface area contributed by atoms with Gasteiger partial charge in [0.1, 0.15) is 0 Å². The number of carbonyl (C=O) groups is 2. The average Bonchev–Trinajstić information content (AvgIpc) is 3.42. The molecule has 0 aromatic carbocycles. The van der Waals surface area contributed by atoms with E-state index in [1.807, 2.05) is 0 Å². The number of amides is 1. The summed E-state index contributed by atoms with van der Waals surface area (Å²) in [4.78, 5) is 24.7. The zero-order chi connectivity index (χ0) is 68.4. The molecule has 95 heavy (non-hydrogen) atoms. The molecule has 0 spiro atoms. The first-order valence-electron chi connectivity index (χ1n) is 44.1. The summed E-state index contributed by atoms with van der Waals surface area (Å²) in [6, 6.07) is -0.541. The Hall–Kier alpha value is -1.66. The van der Waals surface area contributed by atoms with E-state index < -0.39 is 12.1 Å². The highest BCUT2D eigenvalue weighted by atomic mass is 16.5. The number of hydrogen-bond acceptors (Lipinski definition) is 5. The van der Waals surface area contributed by atoms with Crippen molar-refractivity contribution in [1.29, 1.82) is 0 Å². The van der Waals surface area contributed by atoms with Crippen molar-refractivity contribution in [3.63, 3.8) is 0 Å². The number of esters is 1. The van der Waals surface area contributed by atoms with Gasteiger partial charge in [-0.05, 0) is 57.8 Å². The van der Waals surface area contributed by atoms with Gasteiger partial charge in [0.2, 0.25) is 5.91 Å². The molecule has 1 amide bonds. The molecule has 0 bridgehead atoms. The summed E-state index contributed by atoms with van der Waals surface area (Å²) >= 11 is 0. The Morgan fingerprint density at radius 1 is 0.295 bits per heavy atom. The monoisotopic (exact) mass is 1340 g/mol. The Morgan fingerprint density at radius 2 is 0.526 bits per heavy atom. The van der Waals surface area contributed by atoms with Crippen LogP contribution in [-0.2, 0) is 14.3 Å². The second-order valence-corrected chi connectivity index (χ2v) is 30.6. The summed E-state index contributed by atoms with van der Waals surface area (Å²) in [6.45, 7) is 5.02. The van der Waals surface area contributed by atoms with Gasteiger partial charge in [-0.3, -0.25) is 9.59 Å². The molecule has 3 N–H and O–H groups in total. The highest BCUT2D eigenvalue weighted by molar-refractivity contribution is 5.76. The van der Waals surface area contributed by atoms with E-state index in [1.165, 1.54) is 430 Å². The Bertz CT molecular complexity index is 1500. The fourth-order valence-electron chi connectivity index (χ4n) is 14.3. The number of carbonyl (C=O) groups excluding carboxylic acids is 2. The molecule has 6 heteroatoms. The van der Waals surface area contributed by atoms with Crippen LogP contribution in [0.4, 0.5) is 0 Å². The second-order valence-electron chi connectivity index (χ2n) is 30.6. The third kappa shape index (κ3) is 81.2. The van der Waals surface area contributed by atoms with Crippen LogP contribution in [0.25, 0.3) is 0 Å². The Morgan fingerprint density at radius 3 is 0.800 bits per heavy atom. The summed E-state index contributed by atoms with van der Waals surface area (Å²) in [5.41, 5.74) is 0. The predicted octanol–water partition coefficient (Wildman–Crippen LogP) is 29.6. The number of hydrogen-bond donors (Lipinski definition) is 3. The normalized spacial score (nSPS) is 12.5. The number of rotatable bonds is 84. The van der Waals surface area contributed by atoms with Crippen molar-refractivity contribution in [2.75, 3.05) is 13.2 Å². The zero-order valence-electron chi connectivity index (χ0n) is 64.9. The van der Waals surface area contributed by atoms with Crippen molar-refractivity contribution in [3.05, 3.63) is 24.3 Å². The van der Waals surface area contributed by atoms with Crippen molar-refractivity contribution in [1.82, 2.24) is 5.32 Å². The molecule has 0 aromatic heterocycles. The van der Waals surface area contributed by atoms with Crippen LogP contribution in [0.1, 0.15) is 508 Å². The molecule has 0 saturated carbocycles. The molecule has 0 saturated heterocycles. The minimum atomic E-state index is -0.664. The lowest BCUT2D eigenvalue weighted by atomic mass is 10.0. The predicted molar refractivity (Wildman–Crippen MR) is 421 cm³/mol. The van der Waals surface area contributed by atoms with E-state index >= 15 is 0 Å². The molecule has 2 atom stereocenters. The summed E-state index contributed by atoms with van der Waals surface area (Å²) in [6.07, 6.45) is 110. The van der Waals surface area contributed by atoms with Crippen LogP contribution in [0.15, 0.2) is 24.3 Å². The molecule has 564 valence electrons. The highest BCUT2D eigenvalue weighted by Gasteiger charge is 2.20. The Balaban J connectivity index is 3.36. The number of aliphatic hydroxyl groups is 2. The number of ether oxygens (including phenoxy) is 1. The molecule has 0 aliphatic rings. The molecule has 0 radical (unpaired) electrons. The maximum absolute atomic E-state index is 12.6. The van der Waals surface area contributed by atoms with E-state index in [2.05, 4.69) is 43.5 Å². The van der Waals surface area contributed by atoms with E-state index in [0.717, 1.165) is 44.9 Å². The minimum absolute atomic E-state index is 0.0226. The quantitative estimate of drug-likeness (QED) is 0.0320. The van der Waals surface area contributed by atoms with E-state index in [1.54, 1.807) is 0 Å². The summed E-state index contributed by atoms with van der Waals surface area (Å²) in [5, 5.41) is 23.5. The van der Waals surface area contributed by atoms with Crippen molar-refractivity contribution in [3.8, 4) is 0 Å². The van der Waals surface area contributed by atoms with Crippen molar-refractivity contribution in [2.45, 2.75) is 520 Å². The maximum atomic E-state index is 12.6.